The number of ether oxygens (including phenoxy) is 2. The van der Waals surface area contributed by atoms with Gasteiger partial charge in [0.05, 0.1) is 11.6 Å². The summed E-state index contributed by atoms with van der Waals surface area (Å²) in [4.78, 5) is 17.4. The van der Waals surface area contributed by atoms with Gasteiger partial charge in [0.2, 0.25) is 6.79 Å². The molecule has 24 heavy (non-hydrogen) atoms. The standard InChI is InChI=1S/C17H18N2O3S2/c20-16-15(9-12-4-5-13-14(8-12)22-11-21-13)24-17(23)19(16)10-18-6-2-1-3-7-18/h4-5,8-9H,1-3,6-7,10-11H2/b15-9+. The summed E-state index contributed by atoms with van der Waals surface area (Å²) in [6, 6.07) is 5.67. The Labute approximate surface area is 150 Å². The zero-order valence-corrected chi connectivity index (χ0v) is 14.8. The number of benzene rings is 1. The maximum absolute atomic E-state index is 12.7. The predicted molar refractivity (Wildman–Crippen MR) is 97.9 cm³/mol. The summed E-state index contributed by atoms with van der Waals surface area (Å²) in [5, 5.41) is 0. The van der Waals surface area contributed by atoms with Crippen LogP contribution in [0.3, 0.4) is 0 Å². The number of carbonyl (C=O) groups is 1. The molecule has 0 spiro atoms. The highest BCUT2D eigenvalue weighted by Crippen LogP contribution is 2.36. The molecule has 3 heterocycles. The topological polar surface area (TPSA) is 42.0 Å². The highest BCUT2D eigenvalue weighted by molar-refractivity contribution is 8.26. The number of rotatable bonds is 3. The van der Waals surface area contributed by atoms with Gasteiger partial charge in [0.1, 0.15) is 4.32 Å². The molecule has 0 atom stereocenters. The molecule has 0 unspecified atom stereocenters. The third-order valence-electron chi connectivity index (χ3n) is 4.36. The molecule has 7 heteroatoms. The van der Waals surface area contributed by atoms with E-state index >= 15 is 0 Å². The van der Waals surface area contributed by atoms with Crippen LogP contribution in [0, 0.1) is 0 Å². The van der Waals surface area contributed by atoms with Crippen molar-refractivity contribution in [1.29, 1.82) is 0 Å². The lowest BCUT2D eigenvalue weighted by atomic mass is 10.1. The summed E-state index contributed by atoms with van der Waals surface area (Å²) in [6.07, 6.45) is 5.54. The second-order valence-electron chi connectivity index (χ2n) is 6.04. The van der Waals surface area contributed by atoms with E-state index in [1.807, 2.05) is 24.3 Å². The van der Waals surface area contributed by atoms with Crippen LogP contribution in [0.2, 0.25) is 0 Å². The summed E-state index contributed by atoms with van der Waals surface area (Å²) < 4.78 is 11.3. The summed E-state index contributed by atoms with van der Waals surface area (Å²) in [6.45, 7) is 2.93. The van der Waals surface area contributed by atoms with Crippen LogP contribution in [-0.2, 0) is 4.79 Å². The van der Waals surface area contributed by atoms with Crippen molar-refractivity contribution in [3.8, 4) is 11.5 Å². The Morgan fingerprint density at radius 3 is 2.79 bits per heavy atom. The van der Waals surface area contributed by atoms with Crippen molar-refractivity contribution in [2.45, 2.75) is 19.3 Å². The molecule has 0 radical (unpaired) electrons. The number of thioether (sulfide) groups is 1. The lowest BCUT2D eigenvalue weighted by Gasteiger charge is -2.29. The SMILES string of the molecule is O=C1/C(=C\c2ccc3c(c2)OCO3)SC(=S)N1CN1CCCCC1. The van der Waals surface area contributed by atoms with E-state index in [0.29, 0.717) is 21.6 Å². The molecule has 2 saturated heterocycles. The molecule has 1 amide bonds. The molecule has 3 aliphatic heterocycles. The Morgan fingerprint density at radius 2 is 1.96 bits per heavy atom. The van der Waals surface area contributed by atoms with Gasteiger partial charge in [-0.2, -0.15) is 0 Å². The highest BCUT2D eigenvalue weighted by atomic mass is 32.2. The van der Waals surface area contributed by atoms with Crippen LogP contribution < -0.4 is 9.47 Å². The van der Waals surface area contributed by atoms with E-state index in [2.05, 4.69) is 4.90 Å². The minimum atomic E-state index is -0.00626. The number of carbonyl (C=O) groups excluding carboxylic acids is 1. The van der Waals surface area contributed by atoms with Gasteiger partial charge in [-0.3, -0.25) is 14.6 Å². The zero-order chi connectivity index (χ0) is 16.5. The molecule has 0 bridgehead atoms. The van der Waals surface area contributed by atoms with Crippen molar-refractivity contribution in [3.63, 3.8) is 0 Å². The fourth-order valence-electron chi connectivity index (χ4n) is 3.08. The van der Waals surface area contributed by atoms with E-state index in [1.54, 1.807) is 4.90 Å². The van der Waals surface area contributed by atoms with Crippen LogP contribution in [-0.4, -0.2) is 46.6 Å². The largest absolute Gasteiger partial charge is 0.454 e. The molecule has 0 aromatic heterocycles. The number of nitrogens with zero attached hydrogens (tertiary/aromatic N) is 2. The number of amides is 1. The molecule has 1 aromatic carbocycles. The van der Waals surface area contributed by atoms with Crippen molar-refractivity contribution in [3.05, 3.63) is 28.7 Å². The third-order valence-corrected chi connectivity index (χ3v) is 5.74. The average Bonchev–Trinajstić information content (AvgIpc) is 3.16. The number of thiocarbonyl (C=S) groups is 1. The Kier molecular flexibility index (Phi) is 4.47. The van der Waals surface area contributed by atoms with E-state index in [4.69, 9.17) is 21.7 Å². The van der Waals surface area contributed by atoms with E-state index in [9.17, 15) is 4.79 Å². The zero-order valence-electron chi connectivity index (χ0n) is 13.2. The fourth-order valence-corrected chi connectivity index (χ4v) is 4.32. The van der Waals surface area contributed by atoms with Crippen molar-refractivity contribution in [2.24, 2.45) is 0 Å². The van der Waals surface area contributed by atoms with Gasteiger partial charge in [-0.05, 0) is 49.7 Å². The van der Waals surface area contributed by atoms with Crippen LogP contribution in [0.15, 0.2) is 23.1 Å². The molecule has 0 N–H and O–H groups in total. The number of hydrogen-bond acceptors (Lipinski definition) is 6. The number of likely N-dealkylation sites (tertiary alicyclic amines) is 1. The minimum absolute atomic E-state index is 0.00626. The summed E-state index contributed by atoms with van der Waals surface area (Å²) in [7, 11) is 0. The minimum Gasteiger partial charge on any atom is -0.454 e. The molecule has 0 aliphatic carbocycles. The molecule has 4 rings (SSSR count). The first-order chi connectivity index (χ1) is 11.7. The van der Waals surface area contributed by atoms with E-state index in [1.165, 1.54) is 31.0 Å². The van der Waals surface area contributed by atoms with Gasteiger partial charge < -0.3 is 9.47 Å². The monoisotopic (exact) mass is 362 g/mol. The fraction of sp³-hybridized carbons (Fsp3) is 0.412. The molecule has 0 saturated carbocycles. The second kappa shape index (κ2) is 6.74. The highest BCUT2D eigenvalue weighted by Gasteiger charge is 2.33. The van der Waals surface area contributed by atoms with Crippen LogP contribution in [0.4, 0.5) is 0 Å². The Bertz CT molecular complexity index is 714. The second-order valence-corrected chi connectivity index (χ2v) is 7.72. The van der Waals surface area contributed by atoms with Crippen molar-refractivity contribution in [2.75, 3.05) is 26.6 Å². The van der Waals surface area contributed by atoms with Crippen LogP contribution in [0.1, 0.15) is 24.8 Å². The van der Waals surface area contributed by atoms with Gasteiger partial charge in [-0.25, -0.2) is 0 Å². The Balaban J connectivity index is 1.50. The van der Waals surface area contributed by atoms with Crippen LogP contribution >= 0.6 is 24.0 Å². The van der Waals surface area contributed by atoms with Crippen molar-refractivity contribution < 1.29 is 14.3 Å². The van der Waals surface area contributed by atoms with E-state index < -0.39 is 0 Å². The molecule has 3 aliphatic rings. The van der Waals surface area contributed by atoms with Gasteiger partial charge in [0, 0.05) is 0 Å². The number of piperidine rings is 1. The summed E-state index contributed by atoms with van der Waals surface area (Å²) in [5.74, 6) is 1.45. The van der Waals surface area contributed by atoms with Crippen LogP contribution in [0.25, 0.3) is 6.08 Å². The summed E-state index contributed by atoms with van der Waals surface area (Å²) >= 11 is 6.78. The maximum atomic E-state index is 12.7. The predicted octanol–water partition coefficient (Wildman–Crippen LogP) is 3.06. The van der Waals surface area contributed by atoms with Crippen molar-refractivity contribution >= 4 is 40.3 Å². The lowest BCUT2D eigenvalue weighted by Crippen LogP contribution is -2.42. The quantitative estimate of drug-likeness (QED) is 0.608. The maximum Gasteiger partial charge on any atom is 0.267 e. The van der Waals surface area contributed by atoms with Crippen LogP contribution in [0.5, 0.6) is 11.5 Å². The molecule has 126 valence electrons. The average molecular weight is 362 g/mol. The molecule has 1 aromatic rings. The molecular weight excluding hydrogens is 344 g/mol. The van der Waals surface area contributed by atoms with Gasteiger partial charge in [-0.1, -0.05) is 36.5 Å². The molecule has 2 fully saturated rings. The summed E-state index contributed by atoms with van der Waals surface area (Å²) in [5.41, 5.74) is 0.915. The lowest BCUT2D eigenvalue weighted by molar-refractivity contribution is -0.123. The first-order valence-electron chi connectivity index (χ1n) is 8.08. The third kappa shape index (κ3) is 3.16. The number of fused-ring (bicyclic) bond motifs is 1. The first-order valence-corrected chi connectivity index (χ1v) is 9.30. The Hall–Kier alpha value is -1.57. The van der Waals surface area contributed by atoms with E-state index in [-0.39, 0.29) is 12.7 Å². The van der Waals surface area contributed by atoms with Crippen molar-refractivity contribution in [1.82, 2.24) is 9.80 Å². The van der Waals surface area contributed by atoms with Gasteiger partial charge in [0.15, 0.2) is 11.5 Å². The normalized spacial score (nSPS) is 22.7. The van der Waals surface area contributed by atoms with E-state index in [0.717, 1.165) is 24.4 Å². The number of hydrogen-bond donors (Lipinski definition) is 0. The first kappa shape index (κ1) is 15.9. The molecular formula is C17H18N2O3S2. The smallest absolute Gasteiger partial charge is 0.267 e. The van der Waals surface area contributed by atoms with Gasteiger partial charge in [-0.15, -0.1) is 0 Å². The Morgan fingerprint density at radius 1 is 1.17 bits per heavy atom. The van der Waals surface area contributed by atoms with Gasteiger partial charge >= 0.3 is 0 Å². The molecule has 5 nitrogen and oxygen atoms in total. The van der Waals surface area contributed by atoms with Gasteiger partial charge in [0.25, 0.3) is 5.91 Å².